The topological polar surface area (TPSA) is 75.2 Å². The van der Waals surface area contributed by atoms with Crippen LogP contribution in [0.3, 0.4) is 0 Å². The molecular formula is C12H12BrF2N2O3PS. The molecular weight excluding hydrogens is 401 g/mol. The average molecular weight is 413 g/mol. The maximum Gasteiger partial charge on any atom is 0.442 e. The molecule has 2 unspecified atom stereocenters. The van der Waals surface area contributed by atoms with Crippen LogP contribution in [0.1, 0.15) is 17.7 Å². The molecule has 10 heteroatoms. The Bertz CT molecular complexity index is 687. The van der Waals surface area contributed by atoms with Crippen molar-refractivity contribution in [3.63, 3.8) is 0 Å². The Morgan fingerprint density at radius 1 is 1.50 bits per heavy atom. The zero-order valence-electron chi connectivity index (χ0n) is 11.2. The zero-order valence-corrected chi connectivity index (χ0v) is 14.5. The summed E-state index contributed by atoms with van der Waals surface area (Å²) in [5.41, 5.74) is 0.880. The molecule has 120 valence electrons. The van der Waals surface area contributed by atoms with Crippen LogP contribution in [0, 0.1) is 0 Å². The van der Waals surface area contributed by atoms with E-state index in [0.29, 0.717) is 4.47 Å². The van der Waals surface area contributed by atoms with Crippen LogP contribution in [0.5, 0.6) is 5.75 Å². The van der Waals surface area contributed by atoms with E-state index in [1.165, 1.54) is 17.8 Å². The lowest BCUT2D eigenvalue weighted by Gasteiger charge is -2.15. The van der Waals surface area contributed by atoms with Crippen molar-refractivity contribution in [2.75, 3.05) is 0 Å². The highest BCUT2D eigenvalue weighted by molar-refractivity contribution is 9.10. The van der Waals surface area contributed by atoms with Crippen molar-refractivity contribution >= 4 is 35.3 Å². The summed E-state index contributed by atoms with van der Waals surface area (Å²) in [7, 11) is -4.98. The quantitative estimate of drug-likeness (QED) is 0.525. The number of benzene rings is 1. The van der Waals surface area contributed by atoms with Crippen molar-refractivity contribution < 1.29 is 22.8 Å². The number of thioether (sulfide) groups is 1. The van der Waals surface area contributed by atoms with Gasteiger partial charge in [0.2, 0.25) is 0 Å². The van der Waals surface area contributed by atoms with Gasteiger partial charge in [-0.2, -0.15) is 8.78 Å². The molecule has 0 aliphatic rings. The van der Waals surface area contributed by atoms with Gasteiger partial charge in [0, 0.05) is 17.6 Å². The molecule has 0 saturated carbocycles. The second kappa shape index (κ2) is 7.12. The minimum atomic E-state index is -4.98. The summed E-state index contributed by atoms with van der Waals surface area (Å²) in [6.45, 7) is 1.95. The van der Waals surface area contributed by atoms with Gasteiger partial charge in [-0.3, -0.25) is 0 Å². The third-order valence-corrected chi connectivity index (χ3v) is 5.31. The molecule has 0 spiro atoms. The van der Waals surface area contributed by atoms with Crippen molar-refractivity contribution in [1.82, 2.24) is 9.97 Å². The van der Waals surface area contributed by atoms with Crippen LogP contribution in [0.4, 0.5) is 8.78 Å². The Morgan fingerprint density at radius 2 is 2.23 bits per heavy atom. The number of nitrogens with zero attached hydrogens (tertiary/aromatic N) is 1. The lowest BCUT2D eigenvalue weighted by Crippen LogP contribution is -2.01. The standard InChI is InChI=1S/C12H12BrF2N2O3PS/c1-7(22-12-16-4-5-17-12)8-2-3-10(9(13)6-8)20-21(18,19)11(14)15/h2-7,11H,1H3,(H,16,17)(H,18,19). The van der Waals surface area contributed by atoms with Crippen LogP contribution in [0.15, 0.2) is 40.2 Å². The van der Waals surface area contributed by atoms with Gasteiger partial charge >= 0.3 is 13.8 Å². The fourth-order valence-electron chi connectivity index (χ4n) is 1.58. The largest absolute Gasteiger partial charge is 0.442 e. The molecule has 0 radical (unpaired) electrons. The smallest absolute Gasteiger partial charge is 0.420 e. The molecule has 2 atom stereocenters. The predicted octanol–water partition coefficient (Wildman–Crippen LogP) is 4.81. The molecule has 2 N–H and O–H groups in total. The molecule has 0 bridgehead atoms. The van der Waals surface area contributed by atoms with E-state index < -0.39 is 13.8 Å². The van der Waals surface area contributed by atoms with Crippen LogP contribution >= 0.6 is 35.3 Å². The predicted molar refractivity (Wildman–Crippen MR) is 83.5 cm³/mol. The van der Waals surface area contributed by atoms with Gasteiger partial charge in [-0.25, -0.2) is 9.55 Å². The number of aromatic nitrogens is 2. The first-order valence-electron chi connectivity index (χ1n) is 6.05. The number of H-pyrrole nitrogens is 1. The van der Waals surface area contributed by atoms with Crippen molar-refractivity contribution in [2.45, 2.75) is 23.5 Å². The van der Waals surface area contributed by atoms with Gasteiger partial charge in [0.05, 0.1) is 4.47 Å². The number of imidazole rings is 1. The van der Waals surface area contributed by atoms with E-state index in [9.17, 15) is 13.3 Å². The lowest BCUT2D eigenvalue weighted by atomic mass is 10.2. The van der Waals surface area contributed by atoms with Gasteiger partial charge in [0.15, 0.2) is 5.16 Å². The van der Waals surface area contributed by atoms with Gasteiger partial charge in [-0.1, -0.05) is 17.8 Å². The Morgan fingerprint density at radius 3 is 2.77 bits per heavy atom. The van der Waals surface area contributed by atoms with Gasteiger partial charge < -0.3 is 14.4 Å². The van der Waals surface area contributed by atoms with Crippen LogP contribution in [0.2, 0.25) is 0 Å². The van der Waals surface area contributed by atoms with E-state index in [1.54, 1.807) is 24.5 Å². The zero-order chi connectivity index (χ0) is 16.3. The Labute approximate surface area is 138 Å². The van der Waals surface area contributed by atoms with Crippen molar-refractivity contribution in [3.05, 3.63) is 40.6 Å². The summed E-state index contributed by atoms with van der Waals surface area (Å²) in [6, 6.07) is 4.68. The molecule has 2 aromatic rings. The van der Waals surface area contributed by atoms with Crippen molar-refractivity contribution in [1.29, 1.82) is 0 Å². The van der Waals surface area contributed by atoms with Gasteiger partial charge in [0.1, 0.15) is 5.75 Å². The number of alkyl halides is 2. The number of hydrogen-bond acceptors (Lipinski definition) is 4. The highest BCUT2D eigenvalue weighted by Crippen LogP contribution is 2.50. The molecule has 0 fully saturated rings. The number of halogens is 3. The fourth-order valence-corrected chi connectivity index (χ4v) is 3.57. The first-order valence-corrected chi connectivity index (χ1v) is 9.37. The molecule has 2 rings (SSSR count). The summed E-state index contributed by atoms with van der Waals surface area (Å²) < 4.78 is 40.8. The monoisotopic (exact) mass is 412 g/mol. The molecule has 0 saturated heterocycles. The van der Waals surface area contributed by atoms with Crippen LogP contribution in [-0.2, 0) is 4.57 Å². The summed E-state index contributed by atoms with van der Waals surface area (Å²) >= 11 is 4.64. The third kappa shape index (κ3) is 4.32. The average Bonchev–Trinajstić information content (AvgIpc) is 2.93. The van der Waals surface area contributed by atoms with E-state index >= 15 is 0 Å². The third-order valence-electron chi connectivity index (χ3n) is 2.66. The molecule has 1 heterocycles. The number of aromatic amines is 1. The summed E-state index contributed by atoms with van der Waals surface area (Å²) in [5.74, 6) is -0.106. The van der Waals surface area contributed by atoms with Crippen molar-refractivity contribution in [2.24, 2.45) is 0 Å². The Balaban J connectivity index is 2.14. The SMILES string of the molecule is CC(Sc1ncc[nH]1)c1ccc(OP(=O)(O)C(F)F)c(Br)c1. The second-order valence-corrected chi connectivity index (χ2v) is 8.16. The maximum atomic E-state index is 12.4. The highest BCUT2D eigenvalue weighted by atomic mass is 79.9. The minimum absolute atomic E-state index is 0.0347. The minimum Gasteiger partial charge on any atom is -0.420 e. The maximum absolute atomic E-state index is 12.4. The van der Waals surface area contributed by atoms with Gasteiger partial charge in [0.25, 0.3) is 0 Å². The molecule has 0 aliphatic heterocycles. The lowest BCUT2D eigenvalue weighted by molar-refractivity contribution is 0.188. The number of rotatable bonds is 6. The van der Waals surface area contributed by atoms with Crippen molar-refractivity contribution in [3.8, 4) is 5.75 Å². The van der Waals surface area contributed by atoms with E-state index in [4.69, 9.17) is 4.89 Å². The van der Waals surface area contributed by atoms with E-state index in [0.717, 1.165) is 10.7 Å². The highest BCUT2D eigenvalue weighted by Gasteiger charge is 2.34. The van der Waals surface area contributed by atoms with Crippen LogP contribution < -0.4 is 4.52 Å². The van der Waals surface area contributed by atoms with Gasteiger partial charge in [-0.05, 0) is 40.5 Å². The Hall–Kier alpha value is -0.890. The fraction of sp³-hybridized carbons (Fsp3) is 0.250. The molecule has 1 aromatic heterocycles. The van der Waals surface area contributed by atoms with Crippen LogP contribution in [-0.4, -0.2) is 21.0 Å². The van der Waals surface area contributed by atoms with Gasteiger partial charge in [-0.15, -0.1) is 0 Å². The molecule has 22 heavy (non-hydrogen) atoms. The summed E-state index contributed by atoms with van der Waals surface area (Å²) in [5, 5.41) is 0.786. The van der Waals surface area contributed by atoms with E-state index in [-0.39, 0.29) is 11.0 Å². The number of nitrogens with one attached hydrogen (secondary N) is 1. The van der Waals surface area contributed by atoms with E-state index in [2.05, 4.69) is 30.4 Å². The van der Waals surface area contributed by atoms with E-state index in [1.807, 2.05) is 6.92 Å². The molecule has 0 aliphatic carbocycles. The molecule has 1 aromatic carbocycles. The molecule has 5 nitrogen and oxygen atoms in total. The Kier molecular flexibility index (Phi) is 5.65. The summed E-state index contributed by atoms with van der Waals surface area (Å²) in [6.07, 6.45) is -0.0942. The normalized spacial score (nSPS) is 15.5. The first-order chi connectivity index (χ1) is 10.3. The number of hydrogen-bond donors (Lipinski definition) is 2. The van der Waals surface area contributed by atoms with Crippen LogP contribution in [0.25, 0.3) is 0 Å². The summed E-state index contributed by atoms with van der Waals surface area (Å²) in [4.78, 5) is 16.1. The molecule has 0 amide bonds. The second-order valence-electron chi connectivity index (χ2n) is 4.28. The first kappa shape index (κ1) is 17.5.